The number of hydrogen-bond acceptors (Lipinski definition) is 4. The number of fused-ring (bicyclic) bond motifs is 1. The maximum Gasteiger partial charge on any atom is 0.225 e. The number of halogens is 1. The summed E-state index contributed by atoms with van der Waals surface area (Å²) in [6.07, 6.45) is 0.382. The van der Waals surface area contributed by atoms with Gasteiger partial charge in [-0.3, -0.25) is 4.79 Å². The van der Waals surface area contributed by atoms with E-state index in [9.17, 15) is 9.18 Å². The van der Waals surface area contributed by atoms with Crippen molar-refractivity contribution in [2.45, 2.75) is 18.9 Å². The first-order valence-electron chi connectivity index (χ1n) is 8.57. The smallest absolute Gasteiger partial charge is 0.225 e. The number of thiophene rings is 1. The minimum Gasteiger partial charge on any atom is -0.493 e. The lowest BCUT2D eigenvalue weighted by Crippen LogP contribution is -2.22. The Hall–Kier alpha value is -2.86. The summed E-state index contributed by atoms with van der Waals surface area (Å²) in [5.41, 5.74) is 2.31. The number of hydrogen-bond donors (Lipinski definition) is 1. The zero-order valence-electron chi connectivity index (χ0n) is 14.7. The predicted octanol–water partition coefficient (Wildman–Crippen LogP) is 4.95. The van der Waals surface area contributed by atoms with E-state index in [4.69, 9.17) is 9.47 Å². The Bertz CT molecular complexity index is 985. The lowest BCUT2D eigenvalue weighted by atomic mass is 9.90. The topological polar surface area (TPSA) is 47.6 Å². The average molecular weight is 383 g/mol. The highest BCUT2D eigenvalue weighted by molar-refractivity contribution is 7.10. The molecule has 2 aromatic carbocycles. The lowest BCUT2D eigenvalue weighted by molar-refractivity contribution is -0.116. The highest BCUT2D eigenvalue weighted by atomic mass is 32.1. The summed E-state index contributed by atoms with van der Waals surface area (Å²) in [6.45, 7) is 0.0991. The van der Waals surface area contributed by atoms with Gasteiger partial charge < -0.3 is 14.8 Å². The van der Waals surface area contributed by atoms with Gasteiger partial charge in [-0.25, -0.2) is 4.39 Å². The maximum atomic E-state index is 13.9. The summed E-state index contributed by atoms with van der Waals surface area (Å²) in [5, 5.41) is 4.88. The second-order valence-electron chi connectivity index (χ2n) is 6.29. The van der Waals surface area contributed by atoms with Crippen molar-refractivity contribution in [2.24, 2.45) is 0 Å². The molecule has 1 aliphatic heterocycles. The summed E-state index contributed by atoms with van der Waals surface area (Å²) in [7, 11) is 1.57. The monoisotopic (exact) mass is 383 g/mol. The van der Waals surface area contributed by atoms with Gasteiger partial charge in [-0.15, -0.1) is 11.3 Å². The van der Waals surface area contributed by atoms with E-state index in [2.05, 4.69) is 5.32 Å². The van der Waals surface area contributed by atoms with Crippen LogP contribution in [0, 0.1) is 5.82 Å². The third-order valence-electron chi connectivity index (χ3n) is 4.61. The number of carbonyl (C=O) groups excluding carboxylic acids is 1. The van der Waals surface area contributed by atoms with Crippen molar-refractivity contribution < 1.29 is 18.7 Å². The van der Waals surface area contributed by atoms with Gasteiger partial charge in [0.25, 0.3) is 0 Å². The van der Waals surface area contributed by atoms with E-state index in [1.54, 1.807) is 36.6 Å². The van der Waals surface area contributed by atoms with Crippen molar-refractivity contribution in [3.63, 3.8) is 0 Å². The number of ether oxygens (including phenoxy) is 2. The summed E-state index contributed by atoms with van der Waals surface area (Å²) < 4.78 is 25.1. The van der Waals surface area contributed by atoms with Crippen LogP contribution in [0.25, 0.3) is 0 Å². The SMILES string of the molecule is COc1ccc(C2CC(=O)Nc3ccsc32)cc1OCc1ccccc1F. The van der Waals surface area contributed by atoms with Crippen molar-refractivity contribution in [2.75, 3.05) is 12.4 Å². The molecule has 1 aliphatic rings. The highest BCUT2D eigenvalue weighted by Gasteiger charge is 2.28. The number of carbonyl (C=O) groups is 1. The molecule has 6 heteroatoms. The van der Waals surface area contributed by atoms with Gasteiger partial charge in [0.2, 0.25) is 5.91 Å². The average Bonchev–Trinajstić information content (AvgIpc) is 3.15. The van der Waals surface area contributed by atoms with Crippen LogP contribution >= 0.6 is 11.3 Å². The molecule has 4 nitrogen and oxygen atoms in total. The van der Waals surface area contributed by atoms with Crippen LogP contribution in [0.5, 0.6) is 11.5 Å². The Morgan fingerprint density at radius 1 is 1.19 bits per heavy atom. The highest BCUT2D eigenvalue weighted by Crippen LogP contribution is 2.42. The molecular weight excluding hydrogens is 365 g/mol. The fourth-order valence-corrected chi connectivity index (χ4v) is 4.22. The first kappa shape index (κ1) is 17.5. The molecule has 1 atom stereocenters. The molecule has 138 valence electrons. The van der Waals surface area contributed by atoms with E-state index in [0.717, 1.165) is 16.1 Å². The van der Waals surface area contributed by atoms with Gasteiger partial charge in [-0.2, -0.15) is 0 Å². The van der Waals surface area contributed by atoms with E-state index in [0.29, 0.717) is 23.5 Å². The van der Waals surface area contributed by atoms with Crippen LogP contribution in [0.2, 0.25) is 0 Å². The van der Waals surface area contributed by atoms with Gasteiger partial charge in [0.15, 0.2) is 11.5 Å². The molecule has 0 bridgehead atoms. The minimum atomic E-state index is -0.306. The Morgan fingerprint density at radius 3 is 2.85 bits per heavy atom. The first-order valence-corrected chi connectivity index (χ1v) is 9.45. The minimum absolute atomic E-state index is 0.00413. The zero-order valence-corrected chi connectivity index (χ0v) is 15.5. The van der Waals surface area contributed by atoms with Crippen LogP contribution in [0.4, 0.5) is 10.1 Å². The van der Waals surface area contributed by atoms with Gasteiger partial charge in [-0.1, -0.05) is 24.3 Å². The van der Waals surface area contributed by atoms with Crippen LogP contribution in [-0.2, 0) is 11.4 Å². The van der Waals surface area contributed by atoms with Crippen LogP contribution < -0.4 is 14.8 Å². The number of amides is 1. The number of nitrogens with one attached hydrogen (secondary N) is 1. The Kier molecular flexibility index (Phi) is 4.81. The Labute approximate surface area is 160 Å². The molecule has 0 aliphatic carbocycles. The molecule has 0 fully saturated rings. The van der Waals surface area contributed by atoms with E-state index < -0.39 is 0 Å². The molecule has 1 amide bonds. The summed E-state index contributed by atoms with van der Waals surface area (Å²) >= 11 is 1.62. The fraction of sp³-hybridized carbons (Fsp3) is 0.190. The molecule has 3 aromatic rings. The van der Waals surface area contributed by atoms with Crippen LogP contribution in [0.1, 0.15) is 28.3 Å². The molecule has 0 radical (unpaired) electrons. The third-order valence-corrected chi connectivity index (χ3v) is 5.64. The van der Waals surface area contributed by atoms with Crippen molar-refractivity contribution in [3.05, 3.63) is 75.7 Å². The van der Waals surface area contributed by atoms with E-state index >= 15 is 0 Å². The van der Waals surface area contributed by atoms with Gasteiger partial charge in [0.1, 0.15) is 12.4 Å². The third kappa shape index (κ3) is 3.53. The number of benzene rings is 2. The number of methoxy groups -OCH3 is 1. The molecule has 2 heterocycles. The van der Waals surface area contributed by atoms with Crippen LogP contribution in [-0.4, -0.2) is 13.0 Å². The fourth-order valence-electron chi connectivity index (χ4n) is 3.24. The Balaban J connectivity index is 1.64. The molecule has 27 heavy (non-hydrogen) atoms. The van der Waals surface area contributed by atoms with Gasteiger partial charge >= 0.3 is 0 Å². The van der Waals surface area contributed by atoms with E-state index in [1.165, 1.54) is 6.07 Å². The molecule has 1 aromatic heterocycles. The standard InChI is InChI=1S/C21H18FNO3S/c1-25-18-7-6-13(15-11-20(24)23-17-8-9-27-21(15)17)10-19(18)26-12-14-4-2-3-5-16(14)22/h2-10,15H,11-12H2,1H3,(H,23,24). The summed E-state index contributed by atoms with van der Waals surface area (Å²) in [5.74, 6) is 0.759. The largest absolute Gasteiger partial charge is 0.493 e. The van der Waals surface area contributed by atoms with Crippen molar-refractivity contribution >= 4 is 22.9 Å². The Morgan fingerprint density at radius 2 is 2.04 bits per heavy atom. The van der Waals surface area contributed by atoms with E-state index in [-0.39, 0.29) is 24.2 Å². The molecule has 1 unspecified atom stereocenters. The molecule has 4 rings (SSSR count). The second kappa shape index (κ2) is 7.40. The molecule has 0 saturated heterocycles. The van der Waals surface area contributed by atoms with Crippen molar-refractivity contribution in [1.82, 2.24) is 0 Å². The second-order valence-corrected chi connectivity index (χ2v) is 7.24. The predicted molar refractivity (Wildman–Crippen MR) is 103 cm³/mol. The van der Waals surface area contributed by atoms with Crippen LogP contribution in [0.15, 0.2) is 53.9 Å². The molecule has 0 spiro atoms. The quantitative estimate of drug-likeness (QED) is 0.678. The zero-order chi connectivity index (χ0) is 18.8. The summed E-state index contributed by atoms with van der Waals surface area (Å²) in [6, 6.07) is 14.1. The first-order chi connectivity index (χ1) is 13.2. The molecule has 1 N–H and O–H groups in total. The van der Waals surface area contributed by atoms with Gasteiger partial charge in [-0.05, 0) is 35.2 Å². The van der Waals surface area contributed by atoms with Crippen molar-refractivity contribution in [1.29, 1.82) is 0 Å². The van der Waals surface area contributed by atoms with Gasteiger partial charge in [0.05, 0.1) is 12.8 Å². The maximum absolute atomic E-state index is 13.9. The van der Waals surface area contributed by atoms with Crippen molar-refractivity contribution in [3.8, 4) is 11.5 Å². The summed E-state index contributed by atoms with van der Waals surface area (Å²) in [4.78, 5) is 13.2. The van der Waals surface area contributed by atoms with Crippen LogP contribution in [0.3, 0.4) is 0 Å². The number of rotatable bonds is 5. The van der Waals surface area contributed by atoms with Gasteiger partial charge in [0, 0.05) is 22.8 Å². The normalized spacial score (nSPS) is 15.8. The molecular formula is C21H18FNO3S. The number of anilines is 1. The van der Waals surface area contributed by atoms with E-state index in [1.807, 2.05) is 29.6 Å². The lowest BCUT2D eigenvalue weighted by Gasteiger charge is -2.23. The molecule has 0 saturated carbocycles.